The van der Waals surface area contributed by atoms with Gasteiger partial charge in [-0.1, -0.05) is 11.6 Å². The molecule has 0 aromatic heterocycles. The highest BCUT2D eigenvalue weighted by atomic mass is 35.5. The van der Waals surface area contributed by atoms with Gasteiger partial charge in [0.2, 0.25) is 0 Å². The maximum Gasteiger partial charge on any atom is 0.416 e. The molecule has 3 N–H and O–H groups in total. The molecule has 2 aromatic carbocycles. The van der Waals surface area contributed by atoms with Crippen LogP contribution in [-0.2, 0) is 6.18 Å². The zero-order chi connectivity index (χ0) is 15.8. The lowest BCUT2D eigenvalue weighted by Crippen LogP contribution is -2.06. The molecule has 0 aliphatic rings. The van der Waals surface area contributed by atoms with Crippen molar-refractivity contribution < 1.29 is 22.0 Å². The van der Waals surface area contributed by atoms with Crippen LogP contribution in [0.2, 0.25) is 5.02 Å². The molecule has 0 atom stereocenters. The van der Waals surface area contributed by atoms with Crippen LogP contribution in [-0.4, -0.2) is 0 Å². The second-order valence-corrected chi connectivity index (χ2v) is 4.64. The van der Waals surface area contributed by atoms with E-state index in [9.17, 15) is 22.0 Å². The Morgan fingerprint density at radius 1 is 1.00 bits per heavy atom. The fourth-order valence-electron chi connectivity index (χ4n) is 1.67. The molecule has 0 saturated carbocycles. The summed E-state index contributed by atoms with van der Waals surface area (Å²) < 4.78 is 64.4. The number of hydrogen-bond donors (Lipinski definition) is 2. The molecule has 112 valence electrons. The average Bonchev–Trinajstić information content (AvgIpc) is 2.33. The molecule has 0 fully saturated rings. The van der Waals surface area contributed by atoms with Crippen LogP contribution in [0.5, 0.6) is 0 Å². The lowest BCUT2D eigenvalue weighted by Gasteiger charge is -2.13. The summed E-state index contributed by atoms with van der Waals surface area (Å²) in [6.45, 7) is 0. The van der Waals surface area contributed by atoms with Gasteiger partial charge in [-0.25, -0.2) is 8.78 Å². The number of alkyl halides is 3. The predicted molar refractivity (Wildman–Crippen MR) is 70.5 cm³/mol. The highest BCUT2D eigenvalue weighted by Gasteiger charge is 2.31. The van der Waals surface area contributed by atoms with Gasteiger partial charge in [0.1, 0.15) is 5.82 Å². The number of nitrogen functional groups attached to an aromatic ring is 1. The van der Waals surface area contributed by atoms with Crippen LogP contribution >= 0.6 is 11.6 Å². The van der Waals surface area contributed by atoms with E-state index in [0.29, 0.717) is 6.07 Å². The van der Waals surface area contributed by atoms with Crippen molar-refractivity contribution in [2.45, 2.75) is 6.18 Å². The van der Waals surface area contributed by atoms with Gasteiger partial charge in [-0.05, 0) is 24.3 Å². The number of nitrogens with two attached hydrogens (primary N) is 1. The van der Waals surface area contributed by atoms with Crippen molar-refractivity contribution in [1.82, 2.24) is 0 Å². The first-order valence-corrected chi connectivity index (χ1v) is 5.94. The first kappa shape index (κ1) is 15.4. The largest absolute Gasteiger partial charge is 0.416 e. The second-order valence-electron chi connectivity index (χ2n) is 4.20. The Bertz CT molecular complexity index is 685. The third-order valence-electron chi connectivity index (χ3n) is 2.60. The number of anilines is 3. The average molecular weight is 323 g/mol. The third kappa shape index (κ3) is 3.55. The number of halogens is 6. The zero-order valence-corrected chi connectivity index (χ0v) is 11.0. The summed E-state index contributed by atoms with van der Waals surface area (Å²) in [5.41, 5.74) is 3.71. The zero-order valence-electron chi connectivity index (χ0n) is 10.2. The van der Waals surface area contributed by atoms with Gasteiger partial charge in [-0.15, -0.1) is 0 Å². The Labute approximate surface area is 121 Å². The van der Waals surface area contributed by atoms with E-state index in [-0.39, 0.29) is 16.4 Å². The van der Waals surface area contributed by atoms with Crippen molar-refractivity contribution in [2.24, 2.45) is 0 Å². The van der Waals surface area contributed by atoms with Gasteiger partial charge in [-0.2, -0.15) is 13.2 Å². The summed E-state index contributed by atoms with van der Waals surface area (Å²) >= 11 is 5.61. The summed E-state index contributed by atoms with van der Waals surface area (Å²) in [7, 11) is 0. The molecule has 0 heterocycles. The van der Waals surface area contributed by atoms with Crippen LogP contribution in [0, 0.1) is 11.6 Å². The molecule has 0 bridgehead atoms. The summed E-state index contributed by atoms with van der Waals surface area (Å²) in [4.78, 5) is 0. The lowest BCUT2D eigenvalue weighted by atomic mass is 10.1. The van der Waals surface area contributed by atoms with E-state index in [0.717, 1.165) is 18.2 Å². The molecule has 0 amide bonds. The van der Waals surface area contributed by atoms with Crippen LogP contribution in [0.4, 0.5) is 39.0 Å². The summed E-state index contributed by atoms with van der Waals surface area (Å²) in [5, 5.41) is 2.24. The van der Waals surface area contributed by atoms with E-state index in [2.05, 4.69) is 5.32 Å². The molecule has 2 aromatic rings. The van der Waals surface area contributed by atoms with E-state index in [1.807, 2.05) is 0 Å². The van der Waals surface area contributed by atoms with E-state index in [1.165, 1.54) is 6.07 Å². The van der Waals surface area contributed by atoms with Crippen LogP contribution in [0.1, 0.15) is 5.56 Å². The molecule has 0 aliphatic heterocycles. The molecule has 0 saturated heterocycles. The number of hydrogen-bond acceptors (Lipinski definition) is 2. The topological polar surface area (TPSA) is 38.0 Å². The Hall–Kier alpha value is -2.02. The molecule has 2 rings (SSSR count). The van der Waals surface area contributed by atoms with E-state index < -0.39 is 29.1 Å². The Kier molecular flexibility index (Phi) is 3.95. The smallest absolute Gasteiger partial charge is 0.395 e. The monoisotopic (exact) mass is 322 g/mol. The minimum absolute atomic E-state index is 0.0912. The maximum absolute atomic E-state index is 13.3. The van der Waals surface area contributed by atoms with Crippen molar-refractivity contribution in [3.63, 3.8) is 0 Å². The van der Waals surface area contributed by atoms with Gasteiger partial charge in [0.25, 0.3) is 0 Å². The van der Waals surface area contributed by atoms with Crippen molar-refractivity contribution in [2.75, 3.05) is 11.1 Å². The van der Waals surface area contributed by atoms with Gasteiger partial charge in [0, 0.05) is 16.8 Å². The van der Waals surface area contributed by atoms with Gasteiger partial charge in [0.15, 0.2) is 5.82 Å². The molecule has 0 spiro atoms. The molecule has 0 aliphatic carbocycles. The SMILES string of the molecule is Nc1c(F)cc(F)cc1Nc1cc(Cl)cc(C(F)(F)F)c1. The second kappa shape index (κ2) is 5.40. The summed E-state index contributed by atoms with van der Waals surface area (Å²) in [6.07, 6.45) is -4.60. The van der Waals surface area contributed by atoms with Crippen LogP contribution in [0.25, 0.3) is 0 Å². The van der Waals surface area contributed by atoms with Crippen LogP contribution in [0.15, 0.2) is 30.3 Å². The molecule has 8 heteroatoms. The predicted octanol–water partition coefficient (Wildman–Crippen LogP) is 4.96. The van der Waals surface area contributed by atoms with Gasteiger partial charge >= 0.3 is 6.18 Å². The van der Waals surface area contributed by atoms with Gasteiger partial charge in [-0.3, -0.25) is 0 Å². The molecule has 0 unspecified atom stereocenters. The minimum atomic E-state index is -4.60. The van der Waals surface area contributed by atoms with E-state index in [1.54, 1.807) is 0 Å². The first-order chi connectivity index (χ1) is 9.66. The van der Waals surface area contributed by atoms with Gasteiger partial charge < -0.3 is 11.1 Å². The van der Waals surface area contributed by atoms with Crippen LogP contribution < -0.4 is 11.1 Å². The fraction of sp³-hybridized carbons (Fsp3) is 0.0769. The normalized spacial score (nSPS) is 11.5. The van der Waals surface area contributed by atoms with Crippen molar-refractivity contribution in [3.05, 3.63) is 52.6 Å². The highest BCUT2D eigenvalue weighted by molar-refractivity contribution is 6.31. The van der Waals surface area contributed by atoms with E-state index in [4.69, 9.17) is 17.3 Å². The summed E-state index contributed by atoms with van der Waals surface area (Å²) in [5.74, 6) is -1.93. The maximum atomic E-state index is 13.3. The van der Waals surface area contributed by atoms with Crippen molar-refractivity contribution >= 4 is 28.7 Å². The number of nitrogens with one attached hydrogen (secondary N) is 1. The molecule has 2 nitrogen and oxygen atoms in total. The number of rotatable bonds is 2. The molecular weight excluding hydrogens is 315 g/mol. The lowest BCUT2D eigenvalue weighted by molar-refractivity contribution is -0.137. The van der Waals surface area contributed by atoms with Crippen molar-refractivity contribution in [3.8, 4) is 0 Å². The standard InChI is InChI=1S/C13H8ClF5N2/c14-7-1-6(13(17,18)19)2-9(3-7)21-11-5-8(15)4-10(16)12(11)20/h1-5,21H,20H2. The molecule has 0 radical (unpaired) electrons. The molecular formula is C13H8ClF5N2. The minimum Gasteiger partial charge on any atom is -0.395 e. The van der Waals surface area contributed by atoms with Crippen LogP contribution in [0.3, 0.4) is 0 Å². The Balaban J connectivity index is 2.43. The third-order valence-corrected chi connectivity index (χ3v) is 2.82. The van der Waals surface area contributed by atoms with E-state index >= 15 is 0 Å². The Morgan fingerprint density at radius 2 is 1.67 bits per heavy atom. The van der Waals surface area contributed by atoms with Gasteiger partial charge in [0.05, 0.1) is 16.9 Å². The highest BCUT2D eigenvalue weighted by Crippen LogP contribution is 2.35. The first-order valence-electron chi connectivity index (χ1n) is 5.56. The Morgan fingerprint density at radius 3 is 2.29 bits per heavy atom. The van der Waals surface area contributed by atoms with Crippen molar-refractivity contribution in [1.29, 1.82) is 0 Å². The molecule has 21 heavy (non-hydrogen) atoms. The quantitative estimate of drug-likeness (QED) is 0.605. The fourth-order valence-corrected chi connectivity index (χ4v) is 1.90. The summed E-state index contributed by atoms with van der Waals surface area (Å²) in [6, 6.07) is 4.11. The number of benzene rings is 2.